The molecular weight excluding hydrogens is 659 g/mol. The molecule has 4 amide bonds. The fraction of sp³-hybridized carbons (Fsp3) is 0.556. The summed E-state index contributed by atoms with van der Waals surface area (Å²) in [4.78, 5) is 56.5. The molecule has 3 heterocycles. The molecule has 14 heteroatoms. The Kier molecular flexibility index (Phi) is 10.5. The molecule has 6 rings (SSSR count). The summed E-state index contributed by atoms with van der Waals surface area (Å²) in [5.74, 6) is -1.14. The normalized spacial score (nSPS) is 24.2. The molecule has 0 radical (unpaired) electrons. The molecule has 1 saturated carbocycles. The molecule has 5 atom stereocenters. The quantitative estimate of drug-likeness (QED) is 0.199. The molecule has 13 nitrogen and oxygen atoms in total. The molecule has 0 spiro atoms. The smallest absolute Gasteiger partial charge is 0.251 e. The second-order valence-electron chi connectivity index (χ2n) is 14.6. The average Bonchev–Trinajstić information content (AvgIpc) is 3.88. The van der Waals surface area contributed by atoms with E-state index in [1.807, 2.05) is 30.3 Å². The zero-order chi connectivity index (χ0) is 35.6. The maximum Gasteiger partial charge on any atom is 0.251 e. The number of nitrogens with zero attached hydrogens (tertiary/aromatic N) is 4. The maximum absolute atomic E-state index is 14.8. The first kappa shape index (κ1) is 35.8. The Morgan fingerprint density at radius 2 is 1.84 bits per heavy atom. The Morgan fingerprint density at radius 3 is 2.52 bits per heavy atom. The number of nitrogens with two attached hydrogens (primary N) is 1. The van der Waals surface area contributed by atoms with Crippen LogP contribution in [0.3, 0.4) is 0 Å². The highest BCUT2D eigenvalue weighted by Gasteiger charge is 2.50. The van der Waals surface area contributed by atoms with Gasteiger partial charge in [-0.25, -0.2) is 4.68 Å². The number of aliphatic hydroxyl groups excluding tert-OH is 1. The lowest BCUT2D eigenvalue weighted by atomic mass is 9.84. The number of aromatic nitrogens is 3. The lowest BCUT2D eigenvalue weighted by Crippen LogP contribution is -2.64. The molecule has 0 bridgehead atoms. The minimum absolute atomic E-state index is 0.0660. The van der Waals surface area contributed by atoms with Crippen molar-refractivity contribution in [3.8, 4) is 0 Å². The number of fused-ring (bicyclic) bond motifs is 1. The van der Waals surface area contributed by atoms with Gasteiger partial charge in [0.15, 0.2) is 6.10 Å². The summed E-state index contributed by atoms with van der Waals surface area (Å²) in [5, 5.41) is 37.8. The maximum atomic E-state index is 14.8. The number of thioether (sulfide) groups is 1. The van der Waals surface area contributed by atoms with E-state index in [9.17, 15) is 29.4 Å². The fourth-order valence-electron chi connectivity index (χ4n) is 7.75. The molecule has 1 aliphatic carbocycles. The minimum atomic E-state index is -1.61. The van der Waals surface area contributed by atoms with E-state index in [4.69, 9.17) is 5.73 Å². The highest BCUT2D eigenvalue weighted by Crippen LogP contribution is 2.36. The van der Waals surface area contributed by atoms with Crippen molar-refractivity contribution in [1.29, 1.82) is 0 Å². The molecule has 2 saturated heterocycles. The molecule has 2 aliphatic heterocycles. The molecule has 6 N–H and O–H groups in total. The van der Waals surface area contributed by atoms with E-state index in [1.54, 1.807) is 30.7 Å². The van der Waals surface area contributed by atoms with Crippen LogP contribution in [0.5, 0.6) is 0 Å². The number of aliphatic hydroxyl groups is 2. The summed E-state index contributed by atoms with van der Waals surface area (Å²) in [6, 6.07) is 10.7. The van der Waals surface area contributed by atoms with Crippen LogP contribution >= 0.6 is 11.8 Å². The van der Waals surface area contributed by atoms with E-state index in [0.29, 0.717) is 29.9 Å². The zero-order valence-electron chi connectivity index (χ0n) is 28.6. The molecule has 1 aromatic heterocycles. The van der Waals surface area contributed by atoms with Gasteiger partial charge < -0.3 is 31.5 Å². The molecule has 50 heavy (non-hydrogen) atoms. The van der Waals surface area contributed by atoms with Gasteiger partial charge in [0.05, 0.1) is 23.5 Å². The molecule has 3 aromatic rings. The fourth-order valence-corrected chi connectivity index (χ4v) is 9.14. The van der Waals surface area contributed by atoms with Crippen molar-refractivity contribution in [2.24, 2.45) is 11.7 Å². The van der Waals surface area contributed by atoms with Gasteiger partial charge in [-0.05, 0) is 61.3 Å². The van der Waals surface area contributed by atoms with E-state index in [2.05, 4.69) is 20.9 Å². The standard InChI is InChI=1S/C36H47N7O6S/c1-35(2,49)29-19-38-41-43(29)26-18-28(33(47)40-36(14-15-50-21-36)30(44)31(37)45)42(20-26)34(48)27(16-22-8-4-3-5-9-22)39-32(46)25-13-12-23-10-6-7-11-24(23)17-25/h6-7,10-13,17,19,22,26-28,30,44,49H,3-5,8-9,14-16,18,20-21H2,1-2H3,(H2,37,45)(H,39,46)(H,40,47)/t26-,27+,28-,30?,36?/m0/s1. The van der Waals surface area contributed by atoms with Crippen LogP contribution in [0.2, 0.25) is 0 Å². The van der Waals surface area contributed by atoms with Gasteiger partial charge in [0.1, 0.15) is 17.7 Å². The van der Waals surface area contributed by atoms with Crippen molar-refractivity contribution >= 4 is 46.2 Å². The molecule has 2 aromatic carbocycles. The van der Waals surface area contributed by atoms with Gasteiger partial charge in [0.2, 0.25) is 17.7 Å². The number of nitrogens with one attached hydrogen (secondary N) is 2. The number of benzene rings is 2. The van der Waals surface area contributed by atoms with Gasteiger partial charge in [-0.3, -0.25) is 19.2 Å². The van der Waals surface area contributed by atoms with Crippen molar-refractivity contribution in [2.45, 2.75) is 101 Å². The zero-order valence-corrected chi connectivity index (χ0v) is 29.4. The Labute approximate surface area is 295 Å². The number of hydrogen-bond acceptors (Lipinski definition) is 9. The summed E-state index contributed by atoms with van der Waals surface area (Å²) < 4.78 is 1.55. The molecule has 3 fully saturated rings. The van der Waals surface area contributed by atoms with Crippen molar-refractivity contribution in [3.05, 3.63) is 59.9 Å². The van der Waals surface area contributed by atoms with Crippen LogP contribution < -0.4 is 16.4 Å². The van der Waals surface area contributed by atoms with E-state index in [0.717, 1.165) is 42.9 Å². The van der Waals surface area contributed by atoms with Gasteiger partial charge in [0.25, 0.3) is 5.91 Å². The third kappa shape index (κ3) is 7.52. The predicted octanol–water partition coefficient (Wildman–Crippen LogP) is 2.41. The monoisotopic (exact) mass is 705 g/mol. The Bertz CT molecular complexity index is 1730. The van der Waals surface area contributed by atoms with Crippen molar-refractivity contribution in [2.75, 3.05) is 18.1 Å². The van der Waals surface area contributed by atoms with E-state index >= 15 is 0 Å². The van der Waals surface area contributed by atoms with Crippen LogP contribution in [-0.2, 0) is 20.0 Å². The first-order chi connectivity index (χ1) is 23.9. The minimum Gasteiger partial charge on any atom is -0.384 e. The third-order valence-corrected chi connectivity index (χ3v) is 11.8. The van der Waals surface area contributed by atoms with Crippen LogP contribution in [0.1, 0.15) is 87.3 Å². The molecule has 2 unspecified atom stereocenters. The van der Waals surface area contributed by atoms with E-state index in [-0.39, 0.29) is 30.5 Å². The van der Waals surface area contributed by atoms with Crippen LogP contribution in [0.4, 0.5) is 0 Å². The number of carbonyl (C=O) groups is 4. The summed E-state index contributed by atoms with van der Waals surface area (Å²) in [6.07, 6.45) is 5.86. The van der Waals surface area contributed by atoms with E-state index in [1.165, 1.54) is 22.9 Å². The first-order valence-electron chi connectivity index (χ1n) is 17.5. The topological polar surface area (TPSA) is 193 Å². The van der Waals surface area contributed by atoms with Gasteiger partial charge in [-0.15, -0.1) is 5.10 Å². The highest BCUT2D eigenvalue weighted by molar-refractivity contribution is 7.99. The second-order valence-corrected chi connectivity index (χ2v) is 15.7. The summed E-state index contributed by atoms with van der Waals surface area (Å²) in [5.41, 5.74) is 3.78. The Hall–Kier alpha value is -4.01. The highest BCUT2D eigenvalue weighted by atomic mass is 32.2. The molecular formula is C36H47N7O6S. The van der Waals surface area contributed by atoms with Crippen LogP contribution in [-0.4, -0.2) is 95.5 Å². The molecule has 268 valence electrons. The number of carbonyl (C=O) groups excluding carboxylic acids is 4. The number of hydrogen-bond donors (Lipinski definition) is 5. The summed E-state index contributed by atoms with van der Waals surface area (Å²) >= 11 is 1.49. The Balaban J connectivity index is 1.32. The second kappa shape index (κ2) is 14.7. The number of primary amides is 1. The lowest BCUT2D eigenvalue weighted by molar-refractivity contribution is -0.142. The van der Waals surface area contributed by atoms with Crippen LogP contribution in [0, 0.1) is 5.92 Å². The number of amides is 4. The Morgan fingerprint density at radius 1 is 1.10 bits per heavy atom. The largest absolute Gasteiger partial charge is 0.384 e. The summed E-state index contributed by atoms with van der Waals surface area (Å²) in [6.45, 7) is 3.29. The van der Waals surface area contributed by atoms with Crippen molar-refractivity contribution in [1.82, 2.24) is 30.5 Å². The predicted molar refractivity (Wildman–Crippen MR) is 189 cm³/mol. The molecule has 3 aliphatic rings. The van der Waals surface area contributed by atoms with Crippen molar-refractivity contribution in [3.63, 3.8) is 0 Å². The van der Waals surface area contributed by atoms with Gasteiger partial charge >= 0.3 is 0 Å². The van der Waals surface area contributed by atoms with Crippen LogP contribution in [0.25, 0.3) is 10.8 Å². The van der Waals surface area contributed by atoms with Gasteiger partial charge in [0, 0.05) is 24.3 Å². The number of likely N-dealkylation sites (tertiary alicyclic amines) is 1. The van der Waals surface area contributed by atoms with E-state index < -0.39 is 53.1 Å². The van der Waals surface area contributed by atoms with Crippen LogP contribution in [0.15, 0.2) is 48.7 Å². The lowest BCUT2D eigenvalue weighted by Gasteiger charge is -2.36. The summed E-state index contributed by atoms with van der Waals surface area (Å²) in [7, 11) is 0. The number of rotatable bonds is 11. The van der Waals surface area contributed by atoms with Gasteiger partial charge in [-0.1, -0.05) is 67.6 Å². The third-order valence-electron chi connectivity index (χ3n) is 10.5. The van der Waals surface area contributed by atoms with Crippen molar-refractivity contribution < 1.29 is 29.4 Å². The average molecular weight is 706 g/mol. The van der Waals surface area contributed by atoms with Gasteiger partial charge in [-0.2, -0.15) is 11.8 Å². The first-order valence-corrected chi connectivity index (χ1v) is 18.6. The SMILES string of the molecule is CC(C)(O)c1cnnn1[C@H]1C[C@@H](C(=O)NC2(C(O)C(N)=O)CCSC2)N(C(=O)[C@@H](CC2CCCCC2)NC(=O)c2ccc3ccccc3c2)C1.